The molecule has 7 atom stereocenters. The van der Waals surface area contributed by atoms with Crippen LogP contribution in [0.15, 0.2) is 109 Å². The van der Waals surface area contributed by atoms with Gasteiger partial charge in [-0.1, -0.05) is 309 Å². The monoisotopic (exact) mass is 1170 g/mol. The fourth-order valence-electron chi connectivity index (χ4n) is 10.6. The molecule has 9 nitrogen and oxygen atoms in total. The Bertz CT molecular complexity index is 1690. The number of aliphatic hydroxyl groups excluding tert-OH is 5. The summed E-state index contributed by atoms with van der Waals surface area (Å²) in [6.07, 6.45) is 86.2. The van der Waals surface area contributed by atoms with Gasteiger partial charge < -0.3 is 40.3 Å². The third-order valence-electron chi connectivity index (χ3n) is 16.1. The standard InChI is InChI=1S/C75H131NO8/c1-3-5-7-9-11-13-15-17-19-21-23-25-27-29-31-33-34-35-36-37-39-41-43-45-47-49-51-53-55-57-59-61-63-65-71(79)76-68(67-83-75-74(82)73(81)72(80)70(66-77)84-75)69(78)64-62-60-58-56-54-52-50-48-46-44-42-40-38-32-30-28-26-24-22-20-18-16-14-12-10-8-6-4-2/h5,7,11,13,17,19,23,25,29,31,34-35,46,48,54,56,62,64,68-70,72-75,77-78,80-82H,3-4,6,8-10,12,14-16,18,20-22,24,26-28,30,32-33,36-45,47,49-53,55,57-61,63,65-67H2,1-2H3,(H,76,79)/b7-5-,13-11-,19-17-,25-23-,31-29-,35-34-,48-46+,56-54+,64-62+. The van der Waals surface area contributed by atoms with Crippen LogP contribution in [0.3, 0.4) is 0 Å². The lowest BCUT2D eigenvalue weighted by atomic mass is 9.99. The Morgan fingerprint density at radius 1 is 0.417 bits per heavy atom. The van der Waals surface area contributed by atoms with Crippen LogP contribution in [0.5, 0.6) is 0 Å². The summed E-state index contributed by atoms with van der Waals surface area (Å²) in [5.74, 6) is -0.192. The highest BCUT2D eigenvalue weighted by molar-refractivity contribution is 5.76. The van der Waals surface area contributed by atoms with E-state index < -0.39 is 49.5 Å². The van der Waals surface area contributed by atoms with Crippen LogP contribution >= 0.6 is 0 Å². The van der Waals surface area contributed by atoms with Crippen molar-refractivity contribution in [3.63, 3.8) is 0 Å². The predicted molar refractivity (Wildman–Crippen MR) is 359 cm³/mol. The van der Waals surface area contributed by atoms with Crippen molar-refractivity contribution in [1.82, 2.24) is 5.32 Å². The van der Waals surface area contributed by atoms with Gasteiger partial charge in [-0.3, -0.25) is 4.79 Å². The predicted octanol–water partition coefficient (Wildman–Crippen LogP) is 19.2. The summed E-state index contributed by atoms with van der Waals surface area (Å²) in [4.78, 5) is 13.1. The molecule has 1 amide bonds. The van der Waals surface area contributed by atoms with Gasteiger partial charge in [0.05, 0.1) is 25.4 Å². The van der Waals surface area contributed by atoms with E-state index in [4.69, 9.17) is 9.47 Å². The molecule has 1 heterocycles. The quantitative estimate of drug-likeness (QED) is 0.0261. The molecule has 0 aromatic rings. The summed E-state index contributed by atoms with van der Waals surface area (Å²) >= 11 is 0. The Morgan fingerprint density at radius 2 is 0.750 bits per heavy atom. The second kappa shape index (κ2) is 62.9. The van der Waals surface area contributed by atoms with Crippen molar-refractivity contribution in [1.29, 1.82) is 0 Å². The number of unbranched alkanes of at least 4 members (excludes halogenated alkanes) is 34. The van der Waals surface area contributed by atoms with Crippen LogP contribution in [-0.2, 0) is 14.3 Å². The number of aliphatic hydroxyl groups is 5. The van der Waals surface area contributed by atoms with Gasteiger partial charge in [0.2, 0.25) is 5.91 Å². The van der Waals surface area contributed by atoms with E-state index in [2.05, 4.69) is 116 Å². The van der Waals surface area contributed by atoms with E-state index in [1.807, 2.05) is 6.08 Å². The van der Waals surface area contributed by atoms with Crippen molar-refractivity contribution >= 4 is 5.91 Å². The summed E-state index contributed by atoms with van der Waals surface area (Å²) in [5.41, 5.74) is 0. The van der Waals surface area contributed by atoms with E-state index in [1.165, 1.54) is 199 Å². The highest BCUT2D eigenvalue weighted by Crippen LogP contribution is 2.23. The topological polar surface area (TPSA) is 149 Å². The number of hydrogen-bond donors (Lipinski definition) is 6. The van der Waals surface area contributed by atoms with Crippen molar-refractivity contribution in [3.05, 3.63) is 109 Å². The Morgan fingerprint density at radius 3 is 1.14 bits per heavy atom. The smallest absolute Gasteiger partial charge is 0.220 e. The molecule has 7 unspecified atom stereocenters. The number of ether oxygens (including phenoxy) is 2. The van der Waals surface area contributed by atoms with Crippen molar-refractivity contribution < 1.29 is 39.8 Å². The first kappa shape index (κ1) is 78.9. The number of carbonyl (C=O) groups is 1. The van der Waals surface area contributed by atoms with Gasteiger partial charge in [0.1, 0.15) is 24.4 Å². The van der Waals surface area contributed by atoms with E-state index in [9.17, 15) is 30.3 Å². The molecule has 0 aromatic carbocycles. The van der Waals surface area contributed by atoms with Crippen LogP contribution in [0.2, 0.25) is 0 Å². The van der Waals surface area contributed by atoms with Gasteiger partial charge in [-0.25, -0.2) is 0 Å². The molecule has 1 rings (SSSR count). The minimum absolute atomic E-state index is 0.192. The van der Waals surface area contributed by atoms with Crippen molar-refractivity contribution in [2.24, 2.45) is 0 Å². The van der Waals surface area contributed by atoms with E-state index in [0.29, 0.717) is 6.42 Å². The van der Waals surface area contributed by atoms with E-state index in [1.54, 1.807) is 6.08 Å². The summed E-state index contributed by atoms with van der Waals surface area (Å²) < 4.78 is 11.3. The molecule has 0 aromatic heterocycles. The van der Waals surface area contributed by atoms with E-state index in [0.717, 1.165) is 83.5 Å². The average Bonchev–Trinajstić information content (AvgIpc) is 3.70. The summed E-state index contributed by atoms with van der Waals surface area (Å²) in [6, 6.07) is -0.837. The number of rotatable bonds is 60. The van der Waals surface area contributed by atoms with Gasteiger partial charge in [-0.15, -0.1) is 0 Å². The number of carbonyl (C=O) groups excluding carboxylic acids is 1. The SMILES string of the molecule is CC/C=C\C/C=C\C/C=C\C/C=C\C/C=C\C/C=C\CCCCCCCCCCCCCCCCC(=O)NC(COC1OC(CO)C(O)C(O)C1O)C(O)/C=C/CC/C=C/CC/C=C/CCCCCCCCCCCCCCCCCCCC. The molecule has 0 bridgehead atoms. The Kier molecular flexibility index (Phi) is 59.0. The molecule has 0 aliphatic carbocycles. The van der Waals surface area contributed by atoms with Crippen molar-refractivity contribution in [3.8, 4) is 0 Å². The first-order valence-electron chi connectivity index (χ1n) is 35.1. The maximum absolute atomic E-state index is 13.1. The molecule has 6 N–H and O–H groups in total. The van der Waals surface area contributed by atoms with Crippen LogP contribution < -0.4 is 5.32 Å². The molecule has 9 heteroatoms. The molecule has 1 fully saturated rings. The highest BCUT2D eigenvalue weighted by Gasteiger charge is 2.44. The molecule has 484 valence electrons. The third-order valence-corrected chi connectivity index (χ3v) is 16.1. The van der Waals surface area contributed by atoms with Crippen molar-refractivity contribution in [2.75, 3.05) is 13.2 Å². The van der Waals surface area contributed by atoms with Gasteiger partial charge in [-0.2, -0.15) is 0 Å². The maximum atomic E-state index is 13.1. The van der Waals surface area contributed by atoms with Crippen LogP contribution in [0.4, 0.5) is 0 Å². The molecular formula is C75H131NO8. The maximum Gasteiger partial charge on any atom is 0.220 e. The normalized spacial score (nSPS) is 18.9. The third kappa shape index (κ3) is 50.9. The molecule has 1 saturated heterocycles. The second-order valence-corrected chi connectivity index (χ2v) is 23.9. The molecule has 0 saturated carbocycles. The summed E-state index contributed by atoms with van der Waals surface area (Å²) in [6.45, 7) is 3.67. The summed E-state index contributed by atoms with van der Waals surface area (Å²) in [5, 5.41) is 54.7. The Balaban J connectivity index is 2.17. The molecular weight excluding hydrogens is 1040 g/mol. The zero-order chi connectivity index (χ0) is 60.7. The van der Waals surface area contributed by atoms with Gasteiger partial charge in [0.15, 0.2) is 6.29 Å². The zero-order valence-electron chi connectivity index (χ0n) is 54.1. The fourth-order valence-corrected chi connectivity index (χ4v) is 10.6. The number of allylic oxidation sites excluding steroid dienone is 17. The Hall–Kier alpha value is -3.15. The highest BCUT2D eigenvalue weighted by atomic mass is 16.7. The minimum Gasteiger partial charge on any atom is -0.394 e. The number of amides is 1. The molecule has 0 spiro atoms. The van der Waals surface area contributed by atoms with Gasteiger partial charge in [-0.05, 0) is 96.3 Å². The lowest BCUT2D eigenvalue weighted by Crippen LogP contribution is -2.60. The average molecular weight is 1170 g/mol. The van der Waals surface area contributed by atoms with E-state index >= 15 is 0 Å². The lowest BCUT2D eigenvalue weighted by Gasteiger charge is -2.40. The van der Waals surface area contributed by atoms with Crippen LogP contribution in [0.25, 0.3) is 0 Å². The number of nitrogens with one attached hydrogen (secondary N) is 1. The largest absolute Gasteiger partial charge is 0.394 e. The Labute approximate surface area is 516 Å². The molecule has 84 heavy (non-hydrogen) atoms. The van der Waals surface area contributed by atoms with Gasteiger partial charge in [0.25, 0.3) is 0 Å². The van der Waals surface area contributed by atoms with Crippen LogP contribution in [-0.4, -0.2) is 87.5 Å². The first-order chi connectivity index (χ1) is 41.3. The van der Waals surface area contributed by atoms with Crippen molar-refractivity contribution in [2.45, 2.75) is 346 Å². The summed E-state index contributed by atoms with van der Waals surface area (Å²) in [7, 11) is 0. The number of hydrogen-bond acceptors (Lipinski definition) is 8. The lowest BCUT2D eigenvalue weighted by molar-refractivity contribution is -0.302. The molecule has 1 aliphatic heterocycles. The minimum atomic E-state index is -1.58. The van der Waals surface area contributed by atoms with E-state index in [-0.39, 0.29) is 12.5 Å². The second-order valence-electron chi connectivity index (χ2n) is 23.9. The molecule has 0 radical (unpaired) electrons. The van der Waals surface area contributed by atoms with Gasteiger partial charge in [0, 0.05) is 6.42 Å². The van der Waals surface area contributed by atoms with Gasteiger partial charge >= 0.3 is 0 Å². The first-order valence-corrected chi connectivity index (χ1v) is 35.1. The van der Waals surface area contributed by atoms with Crippen LogP contribution in [0, 0.1) is 0 Å². The molecule has 1 aliphatic rings. The zero-order valence-corrected chi connectivity index (χ0v) is 54.1. The fraction of sp³-hybridized carbons (Fsp3) is 0.747. The van der Waals surface area contributed by atoms with Crippen LogP contribution in [0.1, 0.15) is 303 Å².